The molecule has 0 amide bonds. The van der Waals surface area contributed by atoms with Gasteiger partial charge in [0.15, 0.2) is 0 Å². The Kier molecular flexibility index (Phi) is 7.28. The Bertz CT molecular complexity index is 649. The van der Waals surface area contributed by atoms with Crippen molar-refractivity contribution >= 4 is 0 Å². The van der Waals surface area contributed by atoms with E-state index in [2.05, 4.69) is 53.8 Å². The minimum atomic E-state index is 0.712. The second-order valence-electron chi connectivity index (χ2n) is 9.78. The Balaban J connectivity index is 1.34. The van der Waals surface area contributed by atoms with Crippen LogP contribution >= 0.6 is 0 Å². The monoisotopic (exact) mass is 399 g/mol. The lowest BCUT2D eigenvalue weighted by molar-refractivity contribution is 0.0204. The quantitative estimate of drug-likeness (QED) is 0.728. The molecule has 3 aliphatic rings. The predicted octanol–water partition coefficient (Wildman–Crippen LogP) is 3.56. The number of nitrogens with zero attached hydrogens (tertiary/aromatic N) is 3. The van der Waals surface area contributed by atoms with Crippen LogP contribution < -0.4 is 0 Å². The molecule has 3 fully saturated rings. The van der Waals surface area contributed by atoms with Crippen LogP contribution in [-0.2, 0) is 17.7 Å². The van der Waals surface area contributed by atoms with E-state index in [0.29, 0.717) is 5.92 Å². The number of hydrogen-bond acceptors (Lipinski definition) is 4. The van der Waals surface area contributed by atoms with Crippen LogP contribution in [0.1, 0.15) is 49.3 Å². The number of piperidine rings is 1. The number of piperazine rings is 1. The molecule has 3 saturated heterocycles. The SMILES string of the molecule is CCC1CN(C)CCN1C1CCN(Cc2ccc(C)cc2CC2CCOC2)CC1. The summed E-state index contributed by atoms with van der Waals surface area (Å²) in [5.41, 5.74) is 4.50. The summed E-state index contributed by atoms with van der Waals surface area (Å²) in [6, 6.07) is 8.66. The zero-order valence-corrected chi connectivity index (χ0v) is 18.9. The summed E-state index contributed by atoms with van der Waals surface area (Å²) in [5.74, 6) is 0.712. The average Bonchev–Trinajstić information content (AvgIpc) is 3.24. The maximum atomic E-state index is 5.63. The normalized spacial score (nSPS) is 28.2. The minimum absolute atomic E-state index is 0.712. The highest BCUT2D eigenvalue weighted by molar-refractivity contribution is 5.32. The lowest BCUT2D eigenvalue weighted by Gasteiger charge is -2.46. The maximum Gasteiger partial charge on any atom is 0.0498 e. The van der Waals surface area contributed by atoms with E-state index >= 15 is 0 Å². The van der Waals surface area contributed by atoms with Gasteiger partial charge < -0.3 is 9.64 Å². The summed E-state index contributed by atoms with van der Waals surface area (Å²) in [5, 5.41) is 0. The lowest BCUT2D eigenvalue weighted by atomic mass is 9.92. The Morgan fingerprint density at radius 1 is 1.03 bits per heavy atom. The summed E-state index contributed by atoms with van der Waals surface area (Å²) in [4.78, 5) is 8.05. The molecule has 0 spiro atoms. The van der Waals surface area contributed by atoms with Crippen LogP contribution in [0.4, 0.5) is 0 Å². The van der Waals surface area contributed by atoms with Gasteiger partial charge in [-0.05, 0) is 76.2 Å². The van der Waals surface area contributed by atoms with E-state index in [1.54, 1.807) is 11.1 Å². The average molecular weight is 400 g/mol. The molecule has 0 aliphatic carbocycles. The topological polar surface area (TPSA) is 19.0 Å². The number of hydrogen-bond donors (Lipinski definition) is 0. The third-order valence-corrected chi connectivity index (χ3v) is 7.52. The molecule has 0 saturated carbocycles. The molecule has 4 rings (SSSR count). The number of rotatable bonds is 6. The van der Waals surface area contributed by atoms with Crippen LogP contribution in [0.5, 0.6) is 0 Å². The molecule has 0 aromatic heterocycles. The van der Waals surface area contributed by atoms with Crippen molar-refractivity contribution in [3.8, 4) is 0 Å². The first-order valence-corrected chi connectivity index (χ1v) is 11.9. The fraction of sp³-hybridized carbons (Fsp3) is 0.760. The Hall–Kier alpha value is -0.940. The summed E-state index contributed by atoms with van der Waals surface area (Å²) >= 11 is 0. The van der Waals surface area contributed by atoms with Crippen molar-refractivity contribution in [3.05, 3.63) is 34.9 Å². The molecule has 4 nitrogen and oxygen atoms in total. The van der Waals surface area contributed by atoms with Crippen LogP contribution in [0.2, 0.25) is 0 Å². The molecule has 0 N–H and O–H groups in total. The highest BCUT2D eigenvalue weighted by Gasteiger charge is 2.32. The number of likely N-dealkylation sites (tertiary alicyclic amines) is 1. The van der Waals surface area contributed by atoms with E-state index in [1.807, 2.05) is 0 Å². The summed E-state index contributed by atoms with van der Waals surface area (Å²) in [6.07, 6.45) is 6.35. The standard InChI is InChI=1S/C25H41N3O/c1-4-24-18-26(3)12-13-28(24)25-7-10-27(11-8-25)17-22-6-5-20(2)15-23(22)16-21-9-14-29-19-21/h5-6,15,21,24-25H,4,7-14,16-19H2,1-3H3. The fourth-order valence-electron chi connectivity index (χ4n) is 5.67. The van der Waals surface area contributed by atoms with Gasteiger partial charge in [0, 0.05) is 51.5 Å². The second kappa shape index (κ2) is 9.91. The van der Waals surface area contributed by atoms with E-state index in [9.17, 15) is 0 Å². The van der Waals surface area contributed by atoms with Gasteiger partial charge in [-0.2, -0.15) is 0 Å². The molecule has 0 bridgehead atoms. The van der Waals surface area contributed by atoms with Gasteiger partial charge in [0.05, 0.1) is 0 Å². The molecule has 0 radical (unpaired) electrons. The summed E-state index contributed by atoms with van der Waals surface area (Å²) < 4.78 is 5.63. The van der Waals surface area contributed by atoms with Crippen LogP contribution in [0, 0.1) is 12.8 Å². The zero-order valence-electron chi connectivity index (χ0n) is 18.9. The highest BCUT2D eigenvalue weighted by Crippen LogP contribution is 2.26. The van der Waals surface area contributed by atoms with E-state index in [1.165, 1.54) is 70.4 Å². The third-order valence-electron chi connectivity index (χ3n) is 7.52. The Labute approximate surface area is 178 Å². The van der Waals surface area contributed by atoms with E-state index in [4.69, 9.17) is 4.74 Å². The smallest absolute Gasteiger partial charge is 0.0498 e. The van der Waals surface area contributed by atoms with Gasteiger partial charge in [0.2, 0.25) is 0 Å². The first-order valence-electron chi connectivity index (χ1n) is 11.9. The molecule has 3 heterocycles. The molecule has 3 aliphatic heterocycles. The summed E-state index contributed by atoms with van der Waals surface area (Å²) in [6.45, 7) is 13.8. The van der Waals surface area contributed by atoms with Crippen molar-refractivity contribution in [1.29, 1.82) is 0 Å². The van der Waals surface area contributed by atoms with Gasteiger partial charge >= 0.3 is 0 Å². The van der Waals surface area contributed by atoms with Gasteiger partial charge in [0.1, 0.15) is 0 Å². The molecule has 29 heavy (non-hydrogen) atoms. The third kappa shape index (κ3) is 5.41. The molecular formula is C25H41N3O. The van der Waals surface area contributed by atoms with Gasteiger partial charge in [-0.25, -0.2) is 0 Å². The summed E-state index contributed by atoms with van der Waals surface area (Å²) in [7, 11) is 2.28. The Morgan fingerprint density at radius 2 is 1.86 bits per heavy atom. The highest BCUT2D eigenvalue weighted by atomic mass is 16.5. The molecule has 1 aromatic rings. The molecule has 4 heteroatoms. The van der Waals surface area contributed by atoms with Crippen molar-refractivity contribution in [3.63, 3.8) is 0 Å². The molecule has 2 unspecified atom stereocenters. The van der Waals surface area contributed by atoms with Crippen molar-refractivity contribution in [2.24, 2.45) is 5.92 Å². The first-order chi connectivity index (χ1) is 14.1. The van der Waals surface area contributed by atoms with Crippen molar-refractivity contribution < 1.29 is 4.74 Å². The maximum absolute atomic E-state index is 5.63. The van der Waals surface area contributed by atoms with Crippen molar-refractivity contribution in [2.45, 2.75) is 64.6 Å². The first kappa shape index (κ1) is 21.3. The van der Waals surface area contributed by atoms with E-state index < -0.39 is 0 Å². The number of ether oxygens (including phenoxy) is 1. The largest absolute Gasteiger partial charge is 0.381 e. The predicted molar refractivity (Wildman–Crippen MR) is 120 cm³/mol. The number of benzene rings is 1. The van der Waals surface area contributed by atoms with Gasteiger partial charge in [-0.3, -0.25) is 9.80 Å². The van der Waals surface area contributed by atoms with Crippen LogP contribution in [0.25, 0.3) is 0 Å². The number of likely N-dealkylation sites (N-methyl/N-ethyl adjacent to an activating group) is 1. The molecular weight excluding hydrogens is 358 g/mol. The van der Waals surface area contributed by atoms with E-state index in [-0.39, 0.29) is 0 Å². The van der Waals surface area contributed by atoms with Gasteiger partial charge in [0.25, 0.3) is 0 Å². The second-order valence-corrected chi connectivity index (χ2v) is 9.78. The van der Waals surface area contributed by atoms with Gasteiger partial charge in [-0.15, -0.1) is 0 Å². The molecule has 162 valence electrons. The van der Waals surface area contributed by atoms with Gasteiger partial charge in [-0.1, -0.05) is 30.7 Å². The Morgan fingerprint density at radius 3 is 2.59 bits per heavy atom. The van der Waals surface area contributed by atoms with Crippen molar-refractivity contribution in [2.75, 3.05) is 53.0 Å². The van der Waals surface area contributed by atoms with Crippen LogP contribution in [0.3, 0.4) is 0 Å². The molecule has 1 aromatic carbocycles. The number of aryl methyl sites for hydroxylation is 1. The molecule has 2 atom stereocenters. The van der Waals surface area contributed by atoms with Crippen molar-refractivity contribution in [1.82, 2.24) is 14.7 Å². The van der Waals surface area contributed by atoms with E-state index in [0.717, 1.165) is 31.8 Å². The lowest BCUT2D eigenvalue weighted by Crippen LogP contribution is -2.57. The van der Waals surface area contributed by atoms with Crippen LogP contribution in [0.15, 0.2) is 18.2 Å². The van der Waals surface area contributed by atoms with Crippen LogP contribution in [-0.4, -0.2) is 79.8 Å². The zero-order chi connectivity index (χ0) is 20.2. The minimum Gasteiger partial charge on any atom is -0.381 e. The fourth-order valence-corrected chi connectivity index (χ4v) is 5.67.